The van der Waals surface area contributed by atoms with Crippen LogP contribution in [0.25, 0.3) is 5.70 Å². The third-order valence-corrected chi connectivity index (χ3v) is 8.44. The number of alkyl halides is 3. The van der Waals surface area contributed by atoms with E-state index in [1.807, 2.05) is 0 Å². The van der Waals surface area contributed by atoms with Gasteiger partial charge in [-0.2, -0.15) is 13.2 Å². The van der Waals surface area contributed by atoms with E-state index in [2.05, 4.69) is 22.6 Å². The minimum absolute atomic E-state index is 0.0594. The molecule has 1 aliphatic rings. The van der Waals surface area contributed by atoms with Gasteiger partial charge in [-0.15, -0.1) is 0 Å². The van der Waals surface area contributed by atoms with Crippen molar-refractivity contribution in [3.63, 3.8) is 0 Å². The predicted octanol–water partition coefficient (Wildman–Crippen LogP) is 6.32. The predicted molar refractivity (Wildman–Crippen MR) is 136 cm³/mol. The van der Waals surface area contributed by atoms with Crippen LogP contribution < -0.4 is 0 Å². The van der Waals surface area contributed by atoms with Crippen LogP contribution >= 0.6 is 22.6 Å². The Hall–Kier alpha value is -2.66. The first-order chi connectivity index (χ1) is 16.5. The lowest BCUT2D eigenvalue weighted by molar-refractivity contribution is -0.171. The summed E-state index contributed by atoms with van der Waals surface area (Å²) in [6, 6.07) is 20.3. The molecule has 4 rings (SSSR count). The van der Waals surface area contributed by atoms with Gasteiger partial charge in [0.05, 0.1) is 22.4 Å². The second-order valence-electron chi connectivity index (χ2n) is 8.31. The number of rotatable bonds is 5. The van der Waals surface area contributed by atoms with E-state index in [1.54, 1.807) is 61.5 Å². The number of allylic oxidation sites excluding steroid dienone is 1. The number of ketones is 1. The Morgan fingerprint density at radius 3 is 2.11 bits per heavy atom. The quantitative estimate of drug-likeness (QED) is 0.251. The number of aryl methyl sites for hydroxylation is 1. The van der Waals surface area contributed by atoms with Gasteiger partial charge in [0, 0.05) is 15.7 Å². The fourth-order valence-corrected chi connectivity index (χ4v) is 5.95. The van der Waals surface area contributed by atoms with Crippen molar-refractivity contribution in [2.45, 2.75) is 18.0 Å². The fraction of sp³-hybridized carbons (Fsp3) is 0.192. The summed E-state index contributed by atoms with van der Waals surface area (Å²) in [6.45, 7) is 1.17. The Labute approximate surface area is 215 Å². The molecule has 0 spiro atoms. The van der Waals surface area contributed by atoms with Crippen LogP contribution in [0.5, 0.6) is 0 Å². The van der Waals surface area contributed by atoms with Crippen molar-refractivity contribution in [3.8, 4) is 0 Å². The molecule has 4 nitrogen and oxygen atoms in total. The summed E-state index contributed by atoms with van der Waals surface area (Å²) >= 11 is 2.06. The topological polar surface area (TPSA) is 54.5 Å². The van der Waals surface area contributed by atoms with Crippen molar-refractivity contribution in [2.75, 3.05) is 6.54 Å². The zero-order valence-electron chi connectivity index (χ0n) is 18.5. The lowest BCUT2D eigenvalue weighted by atomic mass is 9.81. The highest BCUT2D eigenvalue weighted by atomic mass is 127. The van der Waals surface area contributed by atoms with E-state index in [0.717, 1.165) is 19.5 Å². The number of carbonyl (C=O) groups is 1. The Morgan fingerprint density at radius 2 is 1.54 bits per heavy atom. The van der Waals surface area contributed by atoms with Crippen LogP contribution in [0.2, 0.25) is 0 Å². The van der Waals surface area contributed by atoms with E-state index in [0.29, 0.717) is 5.56 Å². The van der Waals surface area contributed by atoms with Crippen LogP contribution in [-0.2, 0) is 10.0 Å². The number of Topliss-reactive ketones (excluding diaryl/α,β-unsaturated/α-hetero) is 1. The van der Waals surface area contributed by atoms with Crippen molar-refractivity contribution in [1.82, 2.24) is 4.31 Å². The standard InChI is InChI=1S/C26H21F3INO3S/c1-17-7-13-21(14-8-17)35(33,34)31-16-22(25(32)19-5-3-2-4-6-19)23(26(27,28)29)15-24(31)18-9-11-20(30)12-10-18/h2-15,22-23H,16H2,1H3/t22-,23-/m0/s1. The molecule has 182 valence electrons. The van der Waals surface area contributed by atoms with Gasteiger partial charge < -0.3 is 0 Å². The smallest absolute Gasteiger partial charge is 0.294 e. The fourth-order valence-electron chi connectivity index (χ4n) is 4.07. The number of hydrogen-bond acceptors (Lipinski definition) is 3. The molecule has 3 aromatic rings. The molecule has 1 heterocycles. The number of carbonyl (C=O) groups excluding carboxylic acids is 1. The molecular formula is C26H21F3INO3S. The van der Waals surface area contributed by atoms with Crippen LogP contribution in [-0.4, -0.2) is 31.2 Å². The SMILES string of the molecule is Cc1ccc(S(=O)(=O)N2C[C@H](C(=O)c3ccccc3)[C@@H](C(F)(F)F)C=C2c2ccc(I)cc2)cc1. The van der Waals surface area contributed by atoms with Crippen LogP contribution in [0, 0.1) is 22.3 Å². The van der Waals surface area contributed by atoms with E-state index < -0.39 is 40.4 Å². The van der Waals surface area contributed by atoms with Crippen molar-refractivity contribution < 1.29 is 26.4 Å². The molecular weight excluding hydrogens is 590 g/mol. The summed E-state index contributed by atoms with van der Waals surface area (Å²) < 4.78 is 71.9. The van der Waals surface area contributed by atoms with E-state index in [-0.39, 0.29) is 16.2 Å². The van der Waals surface area contributed by atoms with Gasteiger partial charge in [0.25, 0.3) is 10.0 Å². The van der Waals surface area contributed by atoms with Gasteiger partial charge in [0.15, 0.2) is 5.78 Å². The van der Waals surface area contributed by atoms with Gasteiger partial charge in [-0.25, -0.2) is 8.42 Å². The largest absolute Gasteiger partial charge is 0.396 e. The molecule has 0 saturated carbocycles. The van der Waals surface area contributed by atoms with Crippen molar-refractivity contribution in [1.29, 1.82) is 0 Å². The number of sulfonamides is 1. The number of halogens is 4. The second-order valence-corrected chi connectivity index (χ2v) is 11.4. The van der Waals surface area contributed by atoms with Crippen molar-refractivity contribution in [3.05, 3.63) is 105 Å². The van der Waals surface area contributed by atoms with Gasteiger partial charge in [-0.05, 0) is 65.4 Å². The van der Waals surface area contributed by atoms with Crippen LogP contribution in [0.4, 0.5) is 13.2 Å². The van der Waals surface area contributed by atoms with E-state index in [1.165, 1.54) is 24.3 Å². The Balaban J connectivity index is 1.90. The van der Waals surface area contributed by atoms with E-state index in [9.17, 15) is 26.4 Å². The maximum Gasteiger partial charge on any atom is 0.396 e. The van der Waals surface area contributed by atoms with Gasteiger partial charge in [-0.1, -0.05) is 60.2 Å². The van der Waals surface area contributed by atoms with Crippen molar-refractivity contribution in [2.24, 2.45) is 11.8 Å². The molecule has 2 atom stereocenters. The van der Waals surface area contributed by atoms with Crippen LogP contribution in [0.15, 0.2) is 89.8 Å². The molecule has 0 N–H and O–H groups in total. The first kappa shape index (κ1) is 25.4. The molecule has 0 bridgehead atoms. The highest BCUT2D eigenvalue weighted by molar-refractivity contribution is 14.1. The van der Waals surface area contributed by atoms with Gasteiger partial charge in [-0.3, -0.25) is 9.10 Å². The number of nitrogens with zero attached hydrogens (tertiary/aromatic N) is 1. The maximum atomic E-state index is 14.2. The zero-order valence-corrected chi connectivity index (χ0v) is 21.5. The summed E-state index contributed by atoms with van der Waals surface area (Å²) in [5, 5.41) is 0. The Bertz CT molecular complexity index is 1350. The third kappa shape index (κ3) is 5.30. The zero-order chi connectivity index (χ0) is 25.4. The molecule has 1 aliphatic heterocycles. The molecule has 0 aromatic heterocycles. The summed E-state index contributed by atoms with van der Waals surface area (Å²) in [5.74, 6) is -4.53. The molecule has 0 amide bonds. The highest BCUT2D eigenvalue weighted by Crippen LogP contribution is 2.43. The monoisotopic (exact) mass is 611 g/mol. The van der Waals surface area contributed by atoms with E-state index >= 15 is 0 Å². The summed E-state index contributed by atoms with van der Waals surface area (Å²) in [4.78, 5) is 13.2. The highest BCUT2D eigenvalue weighted by Gasteiger charge is 2.51. The molecule has 35 heavy (non-hydrogen) atoms. The van der Waals surface area contributed by atoms with Crippen LogP contribution in [0.1, 0.15) is 21.5 Å². The third-order valence-electron chi connectivity index (χ3n) is 5.92. The van der Waals surface area contributed by atoms with Gasteiger partial charge in [0.1, 0.15) is 0 Å². The minimum atomic E-state index is -4.75. The summed E-state index contributed by atoms with van der Waals surface area (Å²) in [7, 11) is -4.26. The molecule has 0 fully saturated rings. The first-order valence-corrected chi connectivity index (χ1v) is 13.2. The molecule has 3 aromatic carbocycles. The molecule has 0 saturated heterocycles. The van der Waals surface area contributed by atoms with Crippen molar-refractivity contribution >= 4 is 44.1 Å². The molecule has 0 unspecified atom stereocenters. The minimum Gasteiger partial charge on any atom is -0.294 e. The number of benzene rings is 3. The average Bonchev–Trinajstić information content (AvgIpc) is 2.83. The molecule has 0 radical (unpaired) electrons. The maximum absolute atomic E-state index is 14.2. The summed E-state index contributed by atoms with van der Waals surface area (Å²) in [6.07, 6.45) is -3.87. The summed E-state index contributed by atoms with van der Waals surface area (Å²) in [5.41, 5.74) is 1.16. The normalized spacial score (nSPS) is 18.8. The van der Waals surface area contributed by atoms with Gasteiger partial charge in [0.2, 0.25) is 0 Å². The van der Waals surface area contributed by atoms with Crippen LogP contribution in [0.3, 0.4) is 0 Å². The lowest BCUT2D eigenvalue weighted by Crippen LogP contribution is -2.47. The Morgan fingerprint density at radius 1 is 0.943 bits per heavy atom. The Kier molecular flexibility index (Phi) is 7.10. The second kappa shape index (κ2) is 9.77. The van der Waals surface area contributed by atoms with E-state index in [4.69, 9.17) is 0 Å². The number of hydrogen-bond donors (Lipinski definition) is 0. The van der Waals surface area contributed by atoms with Gasteiger partial charge >= 0.3 is 6.18 Å². The lowest BCUT2D eigenvalue weighted by Gasteiger charge is -2.38. The molecule has 0 aliphatic carbocycles. The first-order valence-electron chi connectivity index (χ1n) is 10.7. The molecule has 9 heteroatoms. The average molecular weight is 611 g/mol.